The number of aliphatic hydroxyl groups excluding tert-OH is 3. The highest BCUT2D eigenvalue weighted by Crippen LogP contribution is 2.42. The molecule has 0 saturated carbocycles. The second-order valence-corrected chi connectivity index (χ2v) is 10.8. The van der Waals surface area contributed by atoms with E-state index in [1.807, 2.05) is 0 Å². The fourth-order valence-corrected chi connectivity index (χ4v) is 6.52. The maximum Gasteiger partial charge on any atom is 0.207 e. The molecule has 0 aliphatic rings. The first-order valence-electron chi connectivity index (χ1n) is 8.99. The SMILES string of the molecule is CN(C=CO)CC(N(C(CN(C)C=CO)[PH](=O)O)C(CN(C)C=CO)[PH](=O)O)[PH](=O)O. The molecule has 0 spiro atoms. The van der Waals surface area contributed by atoms with E-state index in [0.29, 0.717) is 18.8 Å². The van der Waals surface area contributed by atoms with Crippen molar-refractivity contribution in [1.82, 2.24) is 19.6 Å². The molecule has 6 unspecified atom stereocenters. The van der Waals surface area contributed by atoms with E-state index in [4.69, 9.17) is 15.3 Å². The first-order valence-corrected chi connectivity index (χ1v) is 13.3. The highest BCUT2D eigenvalue weighted by atomic mass is 31.1. The molecule has 0 heterocycles. The van der Waals surface area contributed by atoms with Crippen molar-refractivity contribution in [2.24, 2.45) is 0 Å². The Labute approximate surface area is 183 Å². The van der Waals surface area contributed by atoms with Gasteiger partial charge in [-0.15, -0.1) is 0 Å². The Bertz CT molecular complexity index is 604. The van der Waals surface area contributed by atoms with Gasteiger partial charge in [-0.25, -0.2) is 0 Å². The van der Waals surface area contributed by atoms with Crippen LogP contribution in [0.3, 0.4) is 0 Å². The van der Waals surface area contributed by atoms with Gasteiger partial charge in [0.25, 0.3) is 0 Å². The quantitative estimate of drug-likeness (QED) is 0.134. The smallest absolute Gasteiger partial charge is 0.207 e. The molecular weight excluding hydrogens is 473 g/mol. The zero-order chi connectivity index (χ0) is 24.1. The summed E-state index contributed by atoms with van der Waals surface area (Å²) in [5, 5.41) is 26.9. The normalized spacial score (nSPS) is 18.3. The molecule has 0 aliphatic heterocycles. The summed E-state index contributed by atoms with van der Waals surface area (Å²) in [5.41, 5.74) is 0. The number of hydrogen-bond donors (Lipinski definition) is 6. The lowest BCUT2D eigenvalue weighted by Gasteiger charge is -2.42. The minimum absolute atomic E-state index is 0.207. The molecule has 0 aliphatic carbocycles. The van der Waals surface area contributed by atoms with Gasteiger partial charge in [0, 0.05) is 59.4 Å². The minimum Gasteiger partial charge on any atom is -0.514 e. The van der Waals surface area contributed by atoms with E-state index >= 15 is 0 Å². The van der Waals surface area contributed by atoms with Crippen LogP contribution in [0.15, 0.2) is 37.4 Å². The molecule has 0 aromatic heterocycles. The van der Waals surface area contributed by atoms with E-state index in [-0.39, 0.29) is 19.6 Å². The molecule has 16 heteroatoms. The number of hydrogen-bond acceptors (Lipinski definition) is 10. The lowest BCUT2D eigenvalue weighted by molar-refractivity contribution is 0.134. The second-order valence-electron chi connectivity index (χ2n) is 6.72. The molecule has 0 amide bonds. The molecule has 31 heavy (non-hydrogen) atoms. The third kappa shape index (κ3) is 10.6. The Kier molecular flexibility index (Phi) is 14.6. The van der Waals surface area contributed by atoms with Gasteiger partial charge in [0.05, 0.1) is 18.8 Å². The molecule has 0 bridgehead atoms. The summed E-state index contributed by atoms with van der Waals surface area (Å²) in [7, 11) is -5.91. The first-order chi connectivity index (χ1) is 14.5. The van der Waals surface area contributed by atoms with E-state index in [1.54, 1.807) is 0 Å². The van der Waals surface area contributed by atoms with E-state index in [2.05, 4.69) is 0 Å². The Morgan fingerprint density at radius 2 is 0.839 bits per heavy atom. The second kappa shape index (κ2) is 15.4. The van der Waals surface area contributed by atoms with Crippen LogP contribution in [0, 0.1) is 0 Å². The largest absolute Gasteiger partial charge is 0.514 e. The summed E-state index contributed by atoms with van der Waals surface area (Å²) in [6.07, 6.45) is 5.71. The van der Waals surface area contributed by atoms with E-state index in [9.17, 15) is 28.4 Å². The van der Waals surface area contributed by atoms with E-state index < -0.39 is 41.4 Å². The molecule has 0 radical (unpaired) electrons. The van der Waals surface area contributed by atoms with Crippen molar-refractivity contribution in [3.8, 4) is 0 Å². The zero-order valence-electron chi connectivity index (χ0n) is 17.5. The van der Waals surface area contributed by atoms with Crippen LogP contribution in [-0.2, 0) is 13.7 Å². The zero-order valence-corrected chi connectivity index (χ0v) is 20.5. The number of likely N-dealkylation sites (N-methyl/N-ethyl adjacent to an activating group) is 3. The summed E-state index contributed by atoms with van der Waals surface area (Å²) in [6.45, 7) is -0.620. The van der Waals surface area contributed by atoms with Crippen LogP contribution in [0.4, 0.5) is 0 Å². The highest BCUT2D eigenvalue weighted by molar-refractivity contribution is 7.41. The maximum absolute atomic E-state index is 12.3. The molecule has 6 N–H and O–H groups in total. The van der Waals surface area contributed by atoms with Crippen LogP contribution in [0.25, 0.3) is 0 Å². The standard InChI is InChI=1S/C15H33N4O9P3/c1-16(4-7-20)10-13(29(23)24)19(14(30(25)26)11-17(2)5-8-21)15(31(27)28)12-18(3)6-9-22/h4-9,13-15,20-22,29-31H,10-12H2,1-3H3,(H,23,24)(H,25,26)(H,27,28). The average molecular weight is 506 g/mol. The average Bonchev–Trinajstić information content (AvgIpc) is 2.65. The fourth-order valence-electron chi connectivity index (χ4n) is 2.89. The van der Waals surface area contributed by atoms with Crippen LogP contribution < -0.4 is 0 Å². The van der Waals surface area contributed by atoms with Gasteiger partial charge in [-0.1, -0.05) is 0 Å². The van der Waals surface area contributed by atoms with Crippen LogP contribution >= 0.6 is 24.1 Å². The van der Waals surface area contributed by atoms with Crippen LogP contribution in [0.2, 0.25) is 0 Å². The number of rotatable bonds is 15. The minimum atomic E-state index is -3.45. The van der Waals surface area contributed by atoms with Gasteiger partial charge in [0.1, 0.15) is 17.3 Å². The summed E-state index contributed by atoms with van der Waals surface area (Å²) < 4.78 is 36.9. The van der Waals surface area contributed by atoms with Gasteiger partial charge in [-0.05, 0) is 0 Å². The summed E-state index contributed by atoms with van der Waals surface area (Å²) >= 11 is 0. The summed E-state index contributed by atoms with van der Waals surface area (Å²) in [4.78, 5) is 35.3. The van der Waals surface area contributed by atoms with Gasteiger partial charge >= 0.3 is 0 Å². The van der Waals surface area contributed by atoms with Crippen molar-refractivity contribution in [3.05, 3.63) is 37.4 Å². The van der Waals surface area contributed by atoms with Crippen LogP contribution in [0.1, 0.15) is 0 Å². The third-order valence-electron chi connectivity index (χ3n) is 4.28. The Hall–Kier alpha value is -1.45. The molecule has 13 nitrogen and oxygen atoms in total. The molecule has 182 valence electrons. The van der Waals surface area contributed by atoms with E-state index in [1.165, 1.54) is 54.4 Å². The van der Waals surface area contributed by atoms with Gasteiger partial charge in [0.2, 0.25) is 24.1 Å². The van der Waals surface area contributed by atoms with E-state index in [0.717, 1.165) is 4.90 Å². The van der Waals surface area contributed by atoms with Gasteiger partial charge in [-0.2, -0.15) is 0 Å². The van der Waals surface area contributed by atoms with Gasteiger partial charge < -0.3 is 44.7 Å². The molecule has 0 aromatic carbocycles. The summed E-state index contributed by atoms with van der Waals surface area (Å²) in [5.74, 6) is -4.00. The molecule has 0 saturated heterocycles. The molecule has 0 rings (SSSR count). The first kappa shape index (κ1) is 29.5. The lowest BCUT2D eigenvalue weighted by atomic mass is 10.3. The molecule has 0 fully saturated rings. The molecule has 0 aromatic rings. The predicted octanol–water partition coefficient (Wildman–Crippen LogP) is 0.551. The van der Waals surface area contributed by atoms with Crippen LogP contribution in [0.5, 0.6) is 0 Å². The molecular formula is C15H33N4O9P3. The molecule has 6 atom stereocenters. The number of nitrogens with zero attached hydrogens (tertiary/aromatic N) is 4. The van der Waals surface area contributed by atoms with Crippen molar-refractivity contribution in [3.63, 3.8) is 0 Å². The Balaban J connectivity index is 6.50. The van der Waals surface area contributed by atoms with Crippen molar-refractivity contribution in [2.45, 2.75) is 17.3 Å². The highest BCUT2D eigenvalue weighted by Gasteiger charge is 2.41. The van der Waals surface area contributed by atoms with Crippen molar-refractivity contribution in [1.29, 1.82) is 0 Å². The predicted molar refractivity (Wildman–Crippen MR) is 120 cm³/mol. The Morgan fingerprint density at radius 3 is 1.00 bits per heavy atom. The topological polar surface area (TPSA) is 186 Å². The van der Waals surface area contributed by atoms with Crippen molar-refractivity contribution >= 4 is 24.1 Å². The maximum atomic E-state index is 12.3. The lowest BCUT2D eigenvalue weighted by Crippen LogP contribution is -2.54. The number of aliphatic hydroxyl groups is 3. The van der Waals surface area contributed by atoms with Crippen molar-refractivity contribution < 1.29 is 43.7 Å². The monoisotopic (exact) mass is 506 g/mol. The summed E-state index contributed by atoms with van der Waals surface area (Å²) in [6, 6.07) is 0. The van der Waals surface area contributed by atoms with Crippen molar-refractivity contribution in [2.75, 3.05) is 40.8 Å². The van der Waals surface area contributed by atoms with Gasteiger partial charge in [0.15, 0.2) is 0 Å². The fraction of sp³-hybridized carbons (Fsp3) is 0.600. The van der Waals surface area contributed by atoms with Crippen LogP contribution in [-0.4, -0.2) is 108 Å². The Morgan fingerprint density at radius 1 is 0.613 bits per heavy atom. The van der Waals surface area contributed by atoms with Gasteiger partial charge in [-0.3, -0.25) is 18.6 Å². The third-order valence-corrected chi connectivity index (χ3v) is 7.43.